The summed E-state index contributed by atoms with van der Waals surface area (Å²) in [6, 6.07) is 3.42. The van der Waals surface area contributed by atoms with Crippen molar-refractivity contribution in [2.45, 2.75) is 20.8 Å². The van der Waals surface area contributed by atoms with E-state index < -0.39 is 5.97 Å². The average Bonchev–Trinajstić information content (AvgIpc) is 2.91. The number of ketones is 1. The first-order chi connectivity index (χ1) is 11.9. The van der Waals surface area contributed by atoms with E-state index in [0.29, 0.717) is 28.0 Å². The number of hydrogen-bond acceptors (Lipinski definition) is 7. The Balaban J connectivity index is 2.29. The minimum Gasteiger partial charge on any atom is -0.496 e. The second kappa shape index (κ2) is 6.31. The summed E-state index contributed by atoms with van der Waals surface area (Å²) in [5.41, 5.74) is 2.10. The van der Waals surface area contributed by atoms with Crippen molar-refractivity contribution in [3.05, 3.63) is 36.0 Å². The van der Waals surface area contributed by atoms with Crippen LogP contribution in [0, 0.1) is 6.92 Å². The van der Waals surface area contributed by atoms with Gasteiger partial charge in [-0.3, -0.25) is 4.79 Å². The number of aromatic nitrogens is 4. The molecule has 8 heteroatoms. The van der Waals surface area contributed by atoms with E-state index in [1.165, 1.54) is 21.0 Å². The molecule has 0 aliphatic rings. The topological polar surface area (TPSA) is 96.2 Å². The van der Waals surface area contributed by atoms with Gasteiger partial charge in [-0.15, -0.1) is 5.10 Å². The molecule has 3 rings (SSSR count). The van der Waals surface area contributed by atoms with Gasteiger partial charge in [0.25, 0.3) is 0 Å². The van der Waals surface area contributed by atoms with Crippen LogP contribution in [-0.2, 0) is 4.79 Å². The van der Waals surface area contributed by atoms with Crippen molar-refractivity contribution >= 4 is 22.7 Å². The van der Waals surface area contributed by atoms with Gasteiger partial charge in [-0.25, -0.2) is 14.8 Å². The van der Waals surface area contributed by atoms with Gasteiger partial charge in [-0.2, -0.15) is 0 Å². The van der Waals surface area contributed by atoms with Crippen LogP contribution in [0.2, 0.25) is 0 Å². The molecule has 0 atom stereocenters. The average molecular weight is 340 g/mol. The Hall–Kier alpha value is -3.29. The zero-order chi connectivity index (χ0) is 18.1. The molecule has 0 aliphatic carbocycles. The number of Topliss-reactive ketones (excluding diaryl/α,β-unsaturated/α-hetero) is 1. The number of carbonyl (C=O) groups is 2. The molecule has 128 valence electrons. The molecule has 0 unspecified atom stereocenters. The Morgan fingerprint density at radius 3 is 2.36 bits per heavy atom. The Morgan fingerprint density at radius 1 is 1.12 bits per heavy atom. The third-order valence-electron chi connectivity index (χ3n) is 3.61. The molecule has 0 saturated carbocycles. The molecule has 2 heterocycles. The van der Waals surface area contributed by atoms with Gasteiger partial charge in [-0.05, 0) is 13.0 Å². The number of aryl methyl sites for hydroxylation is 1. The number of carbonyl (C=O) groups excluding carboxylic acids is 2. The van der Waals surface area contributed by atoms with Gasteiger partial charge < -0.3 is 9.57 Å². The highest BCUT2D eigenvalue weighted by molar-refractivity contribution is 6.06. The van der Waals surface area contributed by atoms with E-state index in [0.717, 1.165) is 10.4 Å². The number of nitrogens with zero attached hydrogens (tertiary/aromatic N) is 4. The van der Waals surface area contributed by atoms with Gasteiger partial charge in [0.15, 0.2) is 5.78 Å². The normalized spacial score (nSPS) is 10.7. The largest absolute Gasteiger partial charge is 0.496 e. The lowest BCUT2D eigenvalue weighted by atomic mass is 10.0. The van der Waals surface area contributed by atoms with Crippen molar-refractivity contribution in [2.75, 3.05) is 7.11 Å². The summed E-state index contributed by atoms with van der Waals surface area (Å²) in [6.45, 7) is 4.45. The van der Waals surface area contributed by atoms with Crippen molar-refractivity contribution in [1.82, 2.24) is 19.9 Å². The molecule has 1 aromatic carbocycles. The van der Waals surface area contributed by atoms with Gasteiger partial charge in [0.1, 0.15) is 22.8 Å². The fourth-order valence-corrected chi connectivity index (χ4v) is 2.49. The lowest BCUT2D eigenvalue weighted by molar-refractivity contribution is -0.142. The number of rotatable bonds is 4. The molecule has 0 saturated heterocycles. The number of benzene rings is 1. The van der Waals surface area contributed by atoms with E-state index in [-0.39, 0.29) is 11.5 Å². The minimum atomic E-state index is -0.547. The number of ether oxygens (including phenoxy) is 1. The monoisotopic (exact) mass is 340 g/mol. The van der Waals surface area contributed by atoms with Crippen LogP contribution in [0.1, 0.15) is 30.2 Å². The zero-order valence-corrected chi connectivity index (χ0v) is 14.2. The second-order valence-electron chi connectivity index (χ2n) is 5.45. The Labute approximate surface area is 143 Å². The minimum absolute atomic E-state index is 0.202. The molecule has 8 nitrogen and oxygen atoms in total. The van der Waals surface area contributed by atoms with Crippen LogP contribution in [0.15, 0.2) is 24.5 Å². The summed E-state index contributed by atoms with van der Waals surface area (Å²) in [6.07, 6.45) is 3.35. The third-order valence-corrected chi connectivity index (χ3v) is 3.61. The van der Waals surface area contributed by atoms with Crippen molar-refractivity contribution in [1.29, 1.82) is 0 Å². The van der Waals surface area contributed by atoms with Crippen LogP contribution in [0.25, 0.3) is 22.0 Å². The smallest absolute Gasteiger partial charge is 0.331 e. The van der Waals surface area contributed by atoms with E-state index in [2.05, 4.69) is 15.1 Å². The van der Waals surface area contributed by atoms with E-state index in [1.807, 2.05) is 0 Å². The fourth-order valence-electron chi connectivity index (χ4n) is 2.49. The Bertz CT molecular complexity index is 976. The van der Waals surface area contributed by atoms with Gasteiger partial charge in [0, 0.05) is 48.8 Å². The predicted octanol–water partition coefficient (Wildman–Crippen LogP) is 1.99. The molecule has 0 aliphatic heterocycles. The highest BCUT2D eigenvalue weighted by atomic mass is 16.7. The first-order valence-corrected chi connectivity index (χ1v) is 7.50. The summed E-state index contributed by atoms with van der Waals surface area (Å²) in [4.78, 5) is 37.7. The quantitative estimate of drug-likeness (QED) is 0.670. The molecule has 0 fully saturated rings. The van der Waals surface area contributed by atoms with Gasteiger partial charge in [-0.1, -0.05) is 4.85 Å². The lowest BCUT2D eigenvalue weighted by Gasteiger charge is -2.10. The van der Waals surface area contributed by atoms with Crippen molar-refractivity contribution in [3.8, 4) is 16.9 Å². The number of fused-ring (bicyclic) bond motifs is 1. The van der Waals surface area contributed by atoms with E-state index in [1.54, 1.807) is 31.5 Å². The highest BCUT2D eigenvalue weighted by Gasteiger charge is 2.20. The molecule has 0 radical (unpaired) electrons. The maximum absolute atomic E-state index is 11.9. The molecular weight excluding hydrogens is 324 g/mol. The van der Waals surface area contributed by atoms with Crippen molar-refractivity contribution in [3.63, 3.8) is 0 Å². The maximum atomic E-state index is 11.9. The summed E-state index contributed by atoms with van der Waals surface area (Å²) in [5, 5.41) is 4.64. The van der Waals surface area contributed by atoms with E-state index in [9.17, 15) is 9.59 Å². The highest BCUT2D eigenvalue weighted by Crippen LogP contribution is 2.34. The third kappa shape index (κ3) is 3.06. The van der Waals surface area contributed by atoms with Crippen LogP contribution >= 0.6 is 0 Å². The summed E-state index contributed by atoms with van der Waals surface area (Å²) >= 11 is 0. The SMILES string of the molecule is COc1cc2c(cc1-c1cnc(C)nc1)c(C(C)=O)nn2OC(C)=O. The first kappa shape index (κ1) is 16.6. The molecule has 0 N–H and O–H groups in total. The summed E-state index contributed by atoms with van der Waals surface area (Å²) in [7, 11) is 1.53. The number of methoxy groups -OCH3 is 1. The van der Waals surface area contributed by atoms with Gasteiger partial charge >= 0.3 is 5.97 Å². The molecular formula is C17H16N4O4. The Kier molecular flexibility index (Phi) is 4.18. The number of hydrogen-bond donors (Lipinski definition) is 0. The second-order valence-corrected chi connectivity index (χ2v) is 5.45. The van der Waals surface area contributed by atoms with Crippen LogP contribution < -0.4 is 9.57 Å². The van der Waals surface area contributed by atoms with Crippen LogP contribution in [0.5, 0.6) is 5.75 Å². The predicted molar refractivity (Wildman–Crippen MR) is 89.3 cm³/mol. The summed E-state index contributed by atoms with van der Waals surface area (Å²) in [5.74, 6) is 0.376. The van der Waals surface area contributed by atoms with Crippen LogP contribution in [-0.4, -0.2) is 38.8 Å². The van der Waals surface area contributed by atoms with Gasteiger partial charge in [0.2, 0.25) is 0 Å². The standard InChI is InChI=1S/C17H16N4O4/c1-9(22)17-14-5-13(12-7-18-10(2)19-8-12)16(24-4)6-15(14)21(20-17)25-11(3)23/h5-8H,1-4H3. The zero-order valence-electron chi connectivity index (χ0n) is 14.2. The maximum Gasteiger partial charge on any atom is 0.331 e. The molecule has 25 heavy (non-hydrogen) atoms. The van der Waals surface area contributed by atoms with Crippen LogP contribution in [0.4, 0.5) is 0 Å². The molecule has 0 bridgehead atoms. The van der Waals surface area contributed by atoms with Crippen molar-refractivity contribution < 1.29 is 19.2 Å². The molecule has 2 aromatic heterocycles. The molecule has 0 amide bonds. The first-order valence-electron chi connectivity index (χ1n) is 7.50. The molecule has 0 spiro atoms. The fraction of sp³-hybridized carbons (Fsp3) is 0.235. The van der Waals surface area contributed by atoms with Gasteiger partial charge in [0.05, 0.1) is 7.11 Å². The van der Waals surface area contributed by atoms with Crippen LogP contribution in [0.3, 0.4) is 0 Å². The molecule has 3 aromatic rings. The van der Waals surface area contributed by atoms with E-state index >= 15 is 0 Å². The summed E-state index contributed by atoms with van der Waals surface area (Å²) < 4.78 is 5.45. The van der Waals surface area contributed by atoms with E-state index in [4.69, 9.17) is 9.57 Å². The Morgan fingerprint density at radius 2 is 1.80 bits per heavy atom. The van der Waals surface area contributed by atoms with Crippen molar-refractivity contribution in [2.24, 2.45) is 0 Å². The lowest BCUT2D eigenvalue weighted by Crippen LogP contribution is -2.18.